The smallest absolute Gasteiger partial charge is 0.261 e. The highest BCUT2D eigenvalue weighted by Crippen LogP contribution is 2.26. The third-order valence-corrected chi connectivity index (χ3v) is 7.53. The van der Waals surface area contributed by atoms with Gasteiger partial charge in [-0.05, 0) is 81.1 Å². The van der Waals surface area contributed by atoms with Crippen LogP contribution in [0.3, 0.4) is 0 Å². The topological polar surface area (TPSA) is 58.6 Å². The fourth-order valence-electron chi connectivity index (χ4n) is 4.06. The van der Waals surface area contributed by atoms with Gasteiger partial charge in [-0.3, -0.25) is 9.59 Å². The molecule has 0 aliphatic carbocycles. The molecule has 1 unspecified atom stereocenters. The van der Waals surface area contributed by atoms with Gasteiger partial charge in [0.05, 0.1) is 0 Å². The summed E-state index contributed by atoms with van der Waals surface area (Å²) in [6.45, 7) is 9.87. The summed E-state index contributed by atoms with van der Waals surface area (Å²) in [7, 11) is 0. The van der Waals surface area contributed by atoms with Crippen LogP contribution >= 0.6 is 31.9 Å². The summed E-state index contributed by atoms with van der Waals surface area (Å²) >= 11 is 7.09. The van der Waals surface area contributed by atoms with E-state index >= 15 is 0 Å². The normalized spacial score (nSPS) is 12.1. The Kier molecular flexibility index (Phi) is 9.96. The molecule has 3 aromatic carbocycles. The van der Waals surface area contributed by atoms with Gasteiger partial charge in [0.25, 0.3) is 5.91 Å². The van der Waals surface area contributed by atoms with Crippen molar-refractivity contribution in [2.45, 2.75) is 59.2 Å². The Bertz CT molecular complexity index is 1220. The van der Waals surface area contributed by atoms with E-state index in [4.69, 9.17) is 4.74 Å². The fraction of sp³-hybridized carbons (Fsp3) is 0.333. The fourth-order valence-corrected chi connectivity index (χ4v) is 4.73. The van der Waals surface area contributed by atoms with Crippen LogP contribution in [0.25, 0.3) is 0 Å². The highest BCUT2D eigenvalue weighted by Gasteiger charge is 2.32. The minimum atomic E-state index is -0.718. The van der Waals surface area contributed by atoms with Crippen LogP contribution in [0.1, 0.15) is 43.0 Å². The summed E-state index contributed by atoms with van der Waals surface area (Å²) in [6, 6.07) is 20.6. The number of nitrogens with one attached hydrogen (secondary N) is 1. The number of nitrogens with zero attached hydrogens (tertiary/aromatic N) is 1. The number of hydrogen-bond acceptors (Lipinski definition) is 3. The van der Waals surface area contributed by atoms with Crippen molar-refractivity contribution >= 4 is 43.7 Å². The lowest BCUT2D eigenvalue weighted by Gasteiger charge is -2.33. The largest absolute Gasteiger partial charge is 0.484 e. The Morgan fingerprint density at radius 1 is 0.919 bits per heavy atom. The molecule has 2 amide bonds. The number of ether oxygens (including phenoxy) is 1. The summed E-state index contributed by atoms with van der Waals surface area (Å²) in [4.78, 5) is 29.0. The number of hydrogen-bond donors (Lipinski definition) is 1. The Balaban J connectivity index is 1.94. The molecule has 1 atom stereocenters. The van der Waals surface area contributed by atoms with Gasteiger partial charge < -0.3 is 15.0 Å². The van der Waals surface area contributed by atoms with Gasteiger partial charge in [0.15, 0.2) is 6.61 Å². The van der Waals surface area contributed by atoms with Crippen LogP contribution in [0.5, 0.6) is 5.75 Å². The van der Waals surface area contributed by atoms with E-state index in [1.165, 1.54) is 0 Å². The number of carbonyl (C=O) groups excluding carboxylic acids is 2. The van der Waals surface area contributed by atoms with Gasteiger partial charge in [0.1, 0.15) is 11.8 Å². The summed E-state index contributed by atoms with van der Waals surface area (Å²) < 4.78 is 7.88. The van der Waals surface area contributed by atoms with Crippen LogP contribution in [0.15, 0.2) is 75.7 Å². The zero-order chi connectivity index (χ0) is 27.2. The number of carbonyl (C=O) groups is 2. The summed E-state index contributed by atoms with van der Waals surface area (Å²) in [6.07, 6.45) is 0.388. The molecular formula is C30H34Br2N2O3. The maximum absolute atomic E-state index is 13.7. The molecule has 0 saturated heterocycles. The standard InChI is InChI=1S/C30H34Br2N2O3/c1-20-14-25(15-21(2)28(20)32)37-19-27(35)34(18-23-12-9-13-24(31)16-23)26(29(36)33-30(3,4)5)17-22-10-7-6-8-11-22/h6-16,26H,17-19H2,1-5H3,(H,33,36). The van der Waals surface area contributed by atoms with Crippen molar-refractivity contribution in [1.82, 2.24) is 10.2 Å². The molecule has 0 bridgehead atoms. The number of aryl methyl sites for hydroxylation is 2. The Morgan fingerprint density at radius 3 is 2.14 bits per heavy atom. The van der Waals surface area contributed by atoms with Crippen molar-refractivity contribution in [2.24, 2.45) is 0 Å². The van der Waals surface area contributed by atoms with Crippen molar-refractivity contribution < 1.29 is 14.3 Å². The van der Waals surface area contributed by atoms with Gasteiger partial charge in [-0.25, -0.2) is 0 Å². The monoisotopic (exact) mass is 628 g/mol. The lowest BCUT2D eigenvalue weighted by Crippen LogP contribution is -2.55. The van der Waals surface area contributed by atoms with Crippen molar-refractivity contribution in [3.05, 3.63) is 97.9 Å². The van der Waals surface area contributed by atoms with Gasteiger partial charge in [-0.2, -0.15) is 0 Å². The highest BCUT2D eigenvalue weighted by atomic mass is 79.9. The van der Waals surface area contributed by atoms with Crippen LogP contribution in [0.2, 0.25) is 0 Å². The van der Waals surface area contributed by atoms with Crippen LogP contribution < -0.4 is 10.1 Å². The molecule has 0 spiro atoms. The Hall–Kier alpha value is -2.64. The van der Waals surface area contributed by atoms with E-state index < -0.39 is 11.6 Å². The van der Waals surface area contributed by atoms with Gasteiger partial charge in [-0.15, -0.1) is 0 Å². The summed E-state index contributed by atoms with van der Waals surface area (Å²) in [5.41, 5.74) is 3.50. The Labute approximate surface area is 236 Å². The number of benzene rings is 3. The van der Waals surface area contributed by atoms with Crippen LogP contribution in [0.4, 0.5) is 0 Å². The van der Waals surface area contributed by atoms with E-state index in [2.05, 4.69) is 37.2 Å². The molecule has 0 aliphatic heterocycles. The third-order valence-electron chi connectivity index (χ3n) is 5.78. The van der Waals surface area contributed by atoms with Gasteiger partial charge in [0.2, 0.25) is 5.91 Å². The van der Waals surface area contributed by atoms with Crippen molar-refractivity contribution in [1.29, 1.82) is 0 Å². The number of amides is 2. The second-order valence-electron chi connectivity index (χ2n) is 10.3. The van der Waals surface area contributed by atoms with Crippen LogP contribution in [0, 0.1) is 13.8 Å². The SMILES string of the molecule is Cc1cc(OCC(=O)N(Cc2cccc(Br)c2)C(Cc2ccccc2)C(=O)NC(C)(C)C)cc(C)c1Br. The first-order valence-electron chi connectivity index (χ1n) is 12.2. The van der Waals surface area contributed by atoms with Crippen molar-refractivity contribution in [3.8, 4) is 5.75 Å². The molecule has 0 aliphatic rings. The molecule has 1 N–H and O–H groups in total. The molecular weight excluding hydrogens is 596 g/mol. The molecule has 0 saturated carbocycles. The number of halogens is 2. The molecule has 0 heterocycles. The molecule has 37 heavy (non-hydrogen) atoms. The van der Waals surface area contributed by atoms with E-state index in [-0.39, 0.29) is 25.0 Å². The second kappa shape index (κ2) is 12.7. The maximum Gasteiger partial charge on any atom is 0.261 e. The predicted molar refractivity (Wildman–Crippen MR) is 156 cm³/mol. The third kappa shape index (κ3) is 8.71. The van der Waals surface area contributed by atoms with Crippen molar-refractivity contribution in [3.63, 3.8) is 0 Å². The van der Waals surface area contributed by atoms with Gasteiger partial charge in [-0.1, -0.05) is 74.3 Å². The van der Waals surface area contributed by atoms with E-state index in [0.29, 0.717) is 12.2 Å². The molecule has 5 nitrogen and oxygen atoms in total. The van der Waals surface area contributed by atoms with Crippen LogP contribution in [-0.4, -0.2) is 34.9 Å². The van der Waals surface area contributed by atoms with E-state index in [1.54, 1.807) is 4.90 Å². The molecule has 0 aromatic heterocycles. The maximum atomic E-state index is 13.7. The predicted octanol–water partition coefficient (Wildman–Crippen LogP) is 6.76. The first kappa shape index (κ1) is 28.9. The first-order valence-corrected chi connectivity index (χ1v) is 13.8. The molecule has 3 rings (SSSR count). The lowest BCUT2D eigenvalue weighted by atomic mass is 10.0. The average Bonchev–Trinajstić information content (AvgIpc) is 2.82. The van der Waals surface area contributed by atoms with E-state index in [9.17, 15) is 9.59 Å². The molecule has 196 valence electrons. The van der Waals surface area contributed by atoms with E-state index in [1.807, 2.05) is 101 Å². The quantitative estimate of drug-likeness (QED) is 0.284. The zero-order valence-electron chi connectivity index (χ0n) is 22.0. The second-order valence-corrected chi connectivity index (χ2v) is 12.0. The molecule has 0 radical (unpaired) electrons. The minimum absolute atomic E-state index is 0.178. The Morgan fingerprint density at radius 2 is 1.54 bits per heavy atom. The molecule has 7 heteroatoms. The summed E-state index contributed by atoms with van der Waals surface area (Å²) in [5, 5.41) is 3.08. The molecule has 0 fully saturated rings. The highest BCUT2D eigenvalue weighted by molar-refractivity contribution is 9.10. The first-order chi connectivity index (χ1) is 17.4. The van der Waals surface area contributed by atoms with Gasteiger partial charge >= 0.3 is 0 Å². The number of rotatable bonds is 9. The van der Waals surface area contributed by atoms with Crippen LogP contribution in [-0.2, 0) is 22.6 Å². The van der Waals surface area contributed by atoms with Crippen molar-refractivity contribution in [2.75, 3.05) is 6.61 Å². The van der Waals surface area contributed by atoms with Gasteiger partial charge in [0, 0.05) is 27.4 Å². The van der Waals surface area contributed by atoms with E-state index in [0.717, 1.165) is 31.2 Å². The zero-order valence-corrected chi connectivity index (χ0v) is 25.1. The summed E-state index contributed by atoms with van der Waals surface area (Å²) in [5.74, 6) is 0.158. The minimum Gasteiger partial charge on any atom is -0.484 e. The molecule has 3 aromatic rings. The lowest BCUT2D eigenvalue weighted by molar-refractivity contribution is -0.143. The average molecular weight is 630 g/mol.